The Bertz CT molecular complexity index is 251. The fourth-order valence-corrected chi connectivity index (χ4v) is 1.87. The summed E-state index contributed by atoms with van der Waals surface area (Å²) in [4.78, 5) is 5.43. The number of nitrogens with two attached hydrogens (primary N) is 1. The molecule has 0 fully saturated rings. The maximum atomic E-state index is 9.22. The van der Waals surface area contributed by atoms with Crippen LogP contribution in [0.25, 0.3) is 0 Å². The van der Waals surface area contributed by atoms with Gasteiger partial charge in [-0.1, -0.05) is 0 Å². The number of aromatic nitrogens is 1. The van der Waals surface area contributed by atoms with Gasteiger partial charge in [0.25, 0.3) is 0 Å². The number of hydrogen-bond donors (Lipinski definition) is 2. The van der Waals surface area contributed by atoms with E-state index >= 15 is 0 Å². The molecule has 0 aliphatic rings. The third-order valence-corrected chi connectivity index (χ3v) is 3.02. The molecular formula is C8H14N2OS. The molecule has 4 heteroatoms. The number of hydrogen-bond acceptors (Lipinski definition) is 4. The summed E-state index contributed by atoms with van der Waals surface area (Å²) in [5, 5.41) is 10.0. The number of aliphatic hydroxyl groups excluding tert-OH is 1. The van der Waals surface area contributed by atoms with Crippen molar-refractivity contribution in [2.75, 3.05) is 0 Å². The zero-order chi connectivity index (χ0) is 9.30. The van der Waals surface area contributed by atoms with Gasteiger partial charge in [-0.05, 0) is 20.8 Å². The molecule has 0 aromatic carbocycles. The van der Waals surface area contributed by atoms with Crippen LogP contribution in [0.3, 0.4) is 0 Å². The second kappa shape index (κ2) is 3.51. The molecule has 2 unspecified atom stereocenters. The van der Waals surface area contributed by atoms with Gasteiger partial charge >= 0.3 is 0 Å². The minimum Gasteiger partial charge on any atom is -0.391 e. The Morgan fingerprint density at radius 1 is 1.50 bits per heavy atom. The van der Waals surface area contributed by atoms with E-state index < -0.39 is 6.10 Å². The molecular weight excluding hydrogens is 172 g/mol. The zero-order valence-corrected chi connectivity index (χ0v) is 8.35. The standard InChI is InChI=1S/C8H14N2OS/c1-4-6(3)12-8(10-4)7(9)5(2)11/h5,7,11H,9H2,1-3H3. The summed E-state index contributed by atoms with van der Waals surface area (Å²) in [6.45, 7) is 5.63. The lowest BCUT2D eigenvalue weighted by Crippen LogP contribution is -2.22. The van der Waals surface area contributed by atoms with Gasteiger partial charge in [0.05, 0.1) is 17.8 Å². The highest BCUT2D eigenvalue weighted by Crippen LogP contribution is 2.22. The van der Waals surface area contributed by atoms with Crippen LogP contribution >= 0.6 is 11.3 Å². The van der Waals surface area contributed by atoms with Gasteiger partial charge in [-0.15, -0.1) is 11.3 Å². The average Bonchev–Trinajstić information content (AvgIpc) is 2.30. The van der Waals surface area contributed by atoms with E-state index in [-0.39, 0.29) is 6.04 Å². The van der Waals surface area contributed by atoms with Crippen LogP contribution < -0.4 is 5.73 Å². The minimum absolute atomic E-state index is 0.345. The Hall–Kier alpha value is -0.450. The largest absolute Gasteiger partial charge is 0.391 e. The van der Waals surface area contributed by atoms with Crippen LogP contribution in [-0.2, 0) is 0 Å². The SMILES string of the molecule is Cc1nc(C(N)C(C)O)sc1C. The summed E-state index contributed by atoms with van der Waals surface area (Å²) in [7, 11) is 0. The van der Waals surface area contributed by atoms with Gasteiger partial charge in [-0.3, -0.25) is 0 Å². The second-order valence-corrected chi connectivity index (χ2v) is 4.19. The van der Waals surface area contributed by atoms with Crippen LogP contribution in [0.4, 0.5) is 0 Å². The van der Waals surface area contributed by atoms with Crippen LogP contribution in [0, 0.1) is 13.8 Å². The quantitative estimate of drug-likeness (QED) is 0.728. The van der Waals surface area contributed by atoms with Crippen molar-refractivity contribution in [2.24, 2.45) is 5.73 Å². The van der Waals surface area contributed by atoms with Gasteiger partial charge in [-0.25, -0.2) is 4.98 Å². The Morgan fingerprint density at radius 3 is 2.42 bits per heavy atom. The van der Waals surface area contributed by atoms with Crippen LogP contribution in [-0.4, -0.2) is 16.2 Å². The predicted octanol–water partition coefficient (Wildman–Crippen LogP) is 1.14. The van der Waals surface area contributed by atoms with Gasteiger partial charge in [0.2, 0.25) is 0 Å². The molecule has 2 atom stereocenters. The normalized spacial score (nSPS) is 16.1. The Balaban J connectivity index is 2.89. The van der Waals surface area contributed by atoms with E-state index in [0.29, 0.717) is 0 Å². The van der Waals surface area contributed by atoms with Crippen LogP contribution in [0.1, 0.15) is 28.5 Å². The molecule has 0 amide bonds. The van der Waals surface area contributed by atoms with Gasteiger partial charge in [-0.2, -0.15) is 0 Å². The summed E-state index contributed by atoms with van der Waals surface area (Å²) in [6, 6.07) is -0.345. The minimum atomic E-state index is -0.532. The lowest BCUT2D eigenvalue weighted by Gasteiger charge is -2.10. The Morgan fingerprint density at radius 2 is 2.08 bits per heavy atom. The molecule has 68 valence electrons. The Kier molecular flexibility index (Phi) is 2.82. The van der Waals surface area contributed by atoms with Crippen molar-refractivity contribution in [1.82, 2.24) is 4.98 Å². The molecule has 1 rings (SSSR count). The number of aliphatic hydroxyl groups is 1. The third kappa shape index (κ3) is 1.83. The van der Waals surface area contributed by atoms with Gasteiger partial charge in [0.15, 0.2) is 0 Å². The summed E-state index contributed by atoms with van der Waals surface area (Å²) >= 11 is 1.55. The highest BCUT2D eigenvalue weighted by atomic mass is 32.1. The van der Waals surface area contributed by atoms with Crippen molar-refractivity contribution < 1.29 is 5.11 Å². The molecule has 1 aromatic heterocycles. The van der Waals surface area contributed by atoms with Gasteiger partial charge < -0.3 is 10.8 Å². The maximum Gasteiger partial charge on any atom is 0.112 e. The van der Waals surface area contributed by atoms with E-state index in [1.54, 1.807) is 18.3 Å². The molecule has 3 nitrogen and oxygen atoms in total. The molecule has 0 aliphatic carbocycles. The average molecular weight is 186 g/mol. The monoisotopic (exact) mass is 186 g/mol. The van der Waals surface area contributed by atoms with E-state index in [1.807, 2.05) is 13.8 Å². The second-order valence-electron chi connectivity index (χ2n) is 2.96. The lowest BCUT2D eigenvalue weighted by atomic mass is 10.2. The van der Waals surface area contributed by atoms with Crippen molar-refractivity contribution in [1.29, 1.82) is 0 Å². The molecule has 1 aromatic rings. The summed E-state index contributed by atoms with van der Waals surface area (Å²) in [5.41, 5.74) is 6.72. The van der Waals surface area contributed by atoms with Gasteiger partial charge in [0.1, 0.15) is 5.01 Å². The lowest BCUT2D eigenvalue weighted by molar-refractivity contribution is 0.164. The van der Waals surface area contributed by atoms with E-state index in [1.165, 1.54) is 4.88 Å². The first-order valence-corrected chi connectivity index (χ1v) is 4.71. The molecule has 1 heterocycles. The van der Waals surface area contributed by atoms with Gasteiger partial charge in [0, 0.05) is 4.88 Å². The van der Waals surface area contributed by atoms with Crippen LogP contribution in [0.2, 0.25) is 0 Å². The first-order valence-electron chi connectivity index (χ1n) is 3.90. The van der Waals surface area contributed by atoms with E-state index in [2.05, 4.69) is 4.98 Å². The zero-order valence-electron chi connectivity index (χ0n) is 7.53. The molecule has 0 saturated heterocycles. The molecule has 0 aliphatic heterocycles. The van der Waals surface area contributed by atoms with Crippen molar-refractivity contribution in [3.05, 3.63) is 15.6 Å². The fraction of sp³-hybridized carbons (Fsp3) is 0.625. The van der Waals surface area contributed by atoms with Crippen molar-refractivity contribution in [3.63, 3.8) is 0 Å². The van der Waals surface area contributed by atoms with Crippen molar-refractivity contribution >= 4 is 11.3 Å². The third-order valence-electron chi connectivity index (χ3n) is 1.85. The van der Waals surface area contributed by atoms with Crippen molar-refractivity contribution in [3.8, 4) is 0 Å². The topological polar surface area (TPSA) is 59.1 Å². The summed E-state index contributed by atoms with van der Waals surface area (Å²) < 4.78 is 0. The predicted molar refractivity (Wildman–Crippen MR) is 50.2 cm³/mol. The molecule has 3 N–H and O–H groups in total. The molecule has 0 spiro atoms. The molecule has 0 bridgehead atoms. The highest BCUT2D eigenvalue weighted by Gasteiger charge is 2.16. The number of rotatable bonds is 2. The smallest absolute Gasteiger partial charge is 0.112 e. The summed E-state index contributed by atoms with van der Waals surface area (Å²) in [6.07, 6.45) is -0.532. The highest BCUT2D eigenvalue weighted by molar-refractivity contribution is 7.11. The number of aryl methyl sites for hydroxylation is 2. The number of nitrogens with zero attached hydrogens (tertiary/aromatic N) is 1. The maximum absolute atomic E-state index is 9.22. The van der Waals surface area contributed by atoms with Crippen LogP contribution in [0.15, 0.2) is 0 Å². The molecule has 0 saturated carbocycles. The molecule has 0 radical (unpaired) electrons. The van der Waals surface area contributed by atoms with E-state index in [9.17, 15) is 5.11 Å². The van der Waals surface area contributed by atoms with E-state index in [0.717, 1.165) is 10.7 Å². The summed E-state index contributed by atoms with van der Waals surface area (Å²) in [5.74, 6) is 0. The van der Waals surface area contributed by atoms with Crippen LogP contribution in [0.5, 0.6) is 0 Å². The first kappa shape index (κ1) is 9.64. The van der Waals surface area contributed by atoms with Crippen molar-refractivity contribution in [2.45, 2.75) is 32.9 Å². The van der Waals surface area contributed by atoms with E-state index in [4.69, 9.17) is 5.73 Å². The first-order chi connectivity index (χ1) is 5.52. The molecule has 12 heavy (non-hydrogen) atoms. The Labute approximate surface area is 76.3 Å². The fourth-order valence-electron chi connectivity index (χ4n) is 0.846. The number of thiazole rings is 1.